The van der Waals surface area contributed by atoms with E-state index in [0.717, 1.165) is 6.54 Å². The zero-order valence-electron chi connectivity index (χ0n) is 12.0. The van der Waals surface area contributed by atoms with Gasteiger partial charge in [-0.3, -0.25) is 14.5 Å². The minimum atomic E-state index is -0.367. The van der Waals surface area contributed by atoms with Crippen molar-refractivity contribution in [1.82, 2.24) is 15.1 Å². The van der Waals surface area contributed by atoms with Crippen LogP contribution in [0.2, 0.25) is 0 Å². The van der Waals surface area contributed by atoms with Crippen LogP contribution < -0.4 is 5.32 Å². The number of hydrogen-bond acceptors (Lipinski definition) is 6. The highest BCUT2D eigenvalue weighted by Gasteiger charge is 2.32. The molecule has 1 unspecified atom stereocenters. The third-order valence-corrected chi connectivity index (χ3v) is 3.62. The molecule has 0 bridgehead atoms. The fraction of sp³-hybridized carbons (Fsp3) is 0.846. The summed E-state index contributed by atoms with van der Waals surface area (Å²) in [5.41, 5.74) is 0. The van der Waals surface area contributed by atoms with Crippen LogP contribution in [0.25, 0.3) is 0 Å². The lowest BCUT2D eigenvalue weighted by atomic mass is 10.2. The Morgan fingerprint density at radius 1 is 1.30 bits per heavy atom. The van der Waals surface area contributed by atoms with Gasteiger partial charge in [0.1, 0.15) is 6.04 Å². The Bertz CT molecular complexity index is 345. The van der Waals surface area contributed by atoms with Gasteiger partial charge < -0.3 is 19.7 Å². The van der Waals surface area contributed by atoms with Crippen LogP contribution in [0.3, 0.4) is 0 Å². The number of carbonyl (C=O) groups excluding carboxylic acids is 2. The van der Waals surface area contributed by atoms with E-state index in [1.54, 1.807) is 11.8 Å². The van der Waals surface area contributed by atoms with E-state index in [1.807, 2.05) is 4.90 Å². The van der Waals surface area contributed by atoms with E-state index in [0.29, 0.717) is 46.0 Å². The van der Waals surface area contributed by atoms with Crippen molar-refractivity contribution in [1.29, 1.82) is 0 Å². The molecule has 0 aliphatic carbocycles. The molecule has 2 heterocycles. The summed E-state index contributed by atoms with van der Waals surface area (Å²) in [7, 11) is 0. The molecule has 2 aliphatic heterocycles. The van der Waals surface area contributed by atoms with Crippen molar-refractivity contribution in [2.45, 2.75) is 13.0 Å². The molecule has 7 heteroatoms. The Morgan fingerprint density at radius 2 is 2.05 bits per heavy atom. The van der Waals surface area contributed by atoms with Crippen LogP contribution in [0.15, 0.2) is 0 Å². The van der Waals surface area contributed by atoms with E-state index < -0.39 is 0 Å². The first kappa shape index (κ1) is 15.2. The Labute approximate surface area is 119 Å². The maximum atomic E-state index is 12.2. The molecule has 0 spiro atoms. The zero-order valence-corrected chi connectivity index (χ0v) is 12.0. The van der Waals surface area contributed by atoms with Crippen LogP contribution in [0.5, 0.6) is 0 Å². The fourth-order valence-corrected chi connectivity index (χ4v) is 2.49. The Hall–Kier alpha value is -1.18. The van der Waals surface area contributed by atoms with Crippen LogP contribution in [0.4, 0.5) is 0 Å². The van der Waals surface area contributed by atoms with Gasteiger partial charge in [-0.25, -0.2) is 0 Å². The van der Waals surface area contributed by atoms with Gasteiger partial charge in [0.05, 0.1) is 26.4 Å². The highest BCUT2D eigenvalue weighted by Crippen LogP contribution is 2.07. The number of hydrogen-bond donors (Lipinski definition) is 1. The fourth-order valence-electron chi connectivity index (χ4n) is 2.49. The molecule has 1 atom stereocenters. The summed E-state index contributed by atoms with van der Waals surface area (Å²) in [6, 6.07) is -0.367. The van der Waals surface area contributed by atoms with Gasteiger partial charge in [0.15, 0.2) is 0 Å². The predicted octanol–water partition coefficient (Wildman–Crippen LogP) is -1.32. The number of esters is 1. The molecule has 2 aliphatic rings. The molecule has 0 aromatic carbocycles. The number of piperazine rings is 1. The van der Waals surface area contributed by atoms with Gasteiger partial charge >= 0.3 is 5.97 Å². The number of amides is 1. The molecule has 2 saturated heterocycles. The highest BCUT2D eigenvalue weighted by atomic mass is 16.5. The number of nitrogens with one attached hydrogen (secondary N) is 1. The molecule has 0 aromatic heterocycles. The summed E-state index contributed by atoms with van der Waals surface area (Å²) in [4.78, 5) is 27.9. The summed E-state index contributed by atoms with van der Waals surface area (Å²) in [5, 5.41) is 3.17. The van der Waals surface area contributed by atoms with Gasteiger partial charge in [0.25, 0.3) is 0 Å². The standard InChI is InChI=1S/C13H23N3O4/c1-2-20-13(18)11-9-14-3-4-16(11)10-12(17)15-5-7-19-8-6-15/h11,14H,2-10H2,1H3. The molecule has 114 valence electrons. The smallest absolute Gasteiger partial charge is 0.324 e. The molecule has 0 radical (unpaired) electrons. The summed E-state index contributed by atoms with van der Waals surface area (Å²) >= 11 is 0. The van der Waals surface area contributed by atoms with Crippen molar-refractivity contribution in [3.63, 3.8) is 0 Å². The first-order valence-corrected chi connectivity index (χ1v) is 7.19. The van der Waals surface area contributed by atoms with Crippen LogP contribution in [-0.2, 0) is 19.1 Å². The molecule has 2 rings (SSSR count). The quantitative estimate of drug-likeness (QED) is 0.646. The van der Waals surface area contributed by atoms with Crippen molar-refractivity contribution in [2.24, 2.45) is 0 Å². The summed E-state index contributed by atoms with van der Waals surface area (Å²) in [5.74, 6) is -0.195. The van der Waals surface area contributed by atoms with Crippen LogP contribution in [0, 0.1) is 0 Å². The van der Waals surface area contributed by atoms with Gasteiger partial charge in [0.2, 0.25) is 5.91 Å². The summed E-state index contributed by atoms with van der Waals surface area (Å²) < 4.78 is 10.3. The van der Waals surface area contributed by atoms with Crippen molar-refractivity contribution < 1.29 is 19.1 Å². The van der Waals surface area contributed by atoms with E-state index in [1.165, 1.54) is 0 Å². The summed E-state index contributed by atoms with van der Waals surface area (Å²) in [6.45, 7) is 6.87. The van der Waals surface area contributed by atoms with E-state index in [-0.39, 0.29) is 24.5 Å². The Kier molecular flexibility index (Phi) is 5.75. The number of morpholine rings is 1. The average molecular weight is 285 g/mol. The topological polar surface area (TPSA) is 71.1 Å². The average Bonchev–Trinajstić information content (AvgIpc) is 2.49. The monoisotopic (exact) mass is 285 g/mol. The van der Waals surface area contributed by atoms with Crippen LogP contribution >= 0.6 is 0 Å². The molecular formula is C13H23N3O4. The number of nitrogens with zero attached hydrogens (tertiary/aromatic N) is 2. The van der Waals surface area contributed by atoms with Crippen molar-refractivity contribution in [3.8, 4) is 0 Å². The third-order valence-electron chi connectivity index (χ3n) is 3.62. The predicted molar refractivity (Wildman–Crippen MR) is 72.3 cm³/mol. The van der Waals surface area contributed by atoms with Gasteiger partial charge in [-0.05, 0) is 6.92 Å². The minimum absolute atomic E-state index is 0.0597. The maximum Gasteiger partial charge on any atom is 0.324 e. The molecular weight excluding hydrogens is 262 g/mol. The first-order chi connectivity index (χ1) is 9.72. The first-order valence-electron chi connectivity index (χ1n) is 7.19. The largest absolute Gasteiger partial charge is 0.465 e. The zero-order chi connectivity index (χ0) is 14.4. The van der Waals surface area contributed by atoms with Gasteiger partial charge in [-0.2, -0.15) is 0 Å². The van der Waals surface area contributed by atoms with Crippen LogP contribution in [-0.4, -0.2) is 86.8 Å². The maximum absolute atomic E-state index is 12.2. The van der Waals surface area contributed by atoms with Crippen molar-refractivity contribution >= 4 is 11.9 Å². The molecule has 1 N–H and O–H groups in total. The molecule has 1 amide bonds. The Balaban J connectivity index is 1.90. The second kappa shape index (κ2) is 7.56. The number of carbonyl (C=O) groups is 2. The normalized spacial score (nSPS) is 24.4. The highest BCUT2D eigenvalue weighted by molar-refractivity contribution is 5.81. The molecule has 0 saturated carbocycles. The van der Waals surface area contributed by atoms with Crippen LogP contribution in [0.1, 0.15) is 6.92 Å². The lowest BCUT2D eigenvalue weighted by molar-refractivity contribution is -0.151. The number of rotatable bonds is 4. The van der Waals surface area contributed by atoms with E-state index in [4.69, 9.17) is 9.47 Å². The number of ether oxygens (including phenoxy) is 2. The van der Waals surface area contributed by atoms with Gasteiger partial charge in [-0.15, -0.1) is 0 Å². The molecule has 0 aromatic rings. The molecule has 7 nitrogen and oxygen atoms in total. The van der Waals surface area contributed by atoms with Gasteiger partial charge in [-0.1, -0.05) is 0 Å². The lowest BCUT2D eigenvalue weighted by Crippen LogP contribution is -2.58. The van der Waals surface area contributed by atoms with Crippen molar-refractivity contribution in [2.75, 3.05) is 59.1 Å². The Morgan fingerprint density at radius 3 is 2.75 bits per heavy atom. The van der Waals surface area contributed by atoms with E-state index in [9.17, 15) is 9.59 Å². The SMILES string of the molecule is CCOC(=O)C1CNCCN1CC(=O)N1CCOCC1. The minimum Gasteiger partial charge on any atom is -0.465 e. The lowest BCUT2D eigenvalue weighted by Gasteiger charge is -2.36. The van der Waals surface area contributed by atoms with Gasteiger partial charge in [0, 0.05) is 32.7 Å². The second-order valence-electron chi connectivity index (χ2n) is 4.94. The molecule has 20 heavy (non-hydrogen) atoms. The van der Waals surface area contributed by atoms with E-state index in [2.05, 4.69) is 5.32 Å². The third kappa shape index (κ3) is 3.91. The molecule has 2 fully saturated rings. The second-order valence-corrected chi connectivity index (χ2v) is 4.94. The van der Waals surface area contributed by atoms with Crippen molar-refractivity contribution in [3.05, 3.63) is 0 Å². The summed E-state index contributed by atoms with van der Waals surface area (Å²) in [6.07, 6.45) is 0. The van der Waals surface area contributed by atoms with E-state index >= 15 is 0 Å².